The zero-order chi connectivity index (χ0) is 15.5. The van der Waals surface area contributed by atoms with Crippen molar-refractivity contribution in [2.75, 3.05) is 20.1 Å². The van der Waals surface area contributed by atoms with Gasteiger partial charge in [-0.3, -0.25) is 4.79 Å². The van der Waals surface area contributed by atoms with E-state index in [2.05, 4.69) is 10.1 Å². The largest absolute Gasteiger partial charge is 0.573 e. The summed E-state index contributed by atoms with van der Waals surface area (Å²) in [7, 11) is 1.75. The molecule has 0 spiro atoms. The molecule has 1 atom stereocenters. The van der Waals surface area contributed by atoms with Gasteiger partial charge in [0.2, 0.25) is 5.91 Å². The Hall–Kier alpha value is -1.47. The Bertz CT molecular complexity index is 488. The third-order valence-electron chi connectivity index (χ3n) is 3.49. The maximum absolute atomic E-state index is 12.1. The molecule has 0 radical (unpaired) electrons. The van der Waals surface area contributed by atoms with Gasteiger partial charge >= 0.3 is 6.36 Å². The standard InChI is InChI=1S/C14H17F3N2O2.ClH/c1-19(11-6-7-18-9-11)13(20)8-10-2-4-12(5-3-10)21-14(15,16)17;/h2-5,11,18H,6-9H2,1H3;1H. The van der Waals surface area contributed by atoms with Gasteiger partial charge in [-0.2, -0.15) is 0 Å². The van der Waals surface area contributed by atoms with Crippen molar-refractivity contribution in [3.63, 3.8) is 0 Å². The summed E-state index contributed by atoms with van der Waals surface area (Å²) >= 11 is 0. The first-order valence-corrected chi connectivity index (χ1v) is 6.66. The molecule has 1 N–H and O–H groups in total. The zero-order valence-corrected chi connectivity index (χ0v) is 12.8. The van der Waals surface area contributed by atoms with Gasteiger partial charge in [0.15, 0.2) is 0 Å². The van der Waals surface area contributed by atoms with Gasteiger partial charge in [0.05, 0.1) is 6.42 Å². The maximum Gasteiger partial charge on any atom is 0.573 e. The Morgan fingerprint density at radius 1 is 1.36 bits per heavy atom. The van der Waals surface area contributed by atoms with E-state index in [1.54, 1.807) is 11.9 Å². The molecule has 1 amide bonds. The average molecular weight is 339 g/mol. The molecule has 1 fully saturated rings. The second-order valence-corrected chi connectivity index (χ2v) is 5.02. The Balaban J connectivity index is 0.00000242. The molecule has 22 heavy (non-hydrogen) atoms. The number of ether oxygens (including phenoxy) is 1. The van der Waals surface area contributed by atoms with Crippen LogP contribution < -0.4 is 10.1 Å². The molecular formula is C14H18ClF3N2O2. The predicted octanol–water partition coefficient (Wildman–Crippen LogP) is 2.37. The van der Waals surface area contributed by atoms with Gasteiger partial charge in [-0.05, 0) is 30.7 Å². The van der Waals surface area contributed by atoms with E-state index in [4.69, 9.17) is 0 Å². The van der Waals surface area contributed by atoms with Gasteiger partial charge in [-0.25, -0.2) is 0 Å². The molecule has 1 aromatic rings. The summed E-state index contributed by atoms with van der Waals surface area (Å²) < 4.78 is 39.9. The lowest BCUT2D eigenvalue weighted by Crippen LogP contribution is -2.39. The zero-order valence-electron chi connectivity index (χ0n) is 12.0. The van der Waals surface area contributed by atoms with E-state index in [0.29, 0.717) is 5.56 Å². The fourth-order valence-electron chi connectivity index (χ4n) is 2.28. The van der Waals surface area contributed by atoms with Gasteiger partial charge in [0, 0.05) is 19.6 Å². The van der Waals surface area contributed by atoms with Crippen LogP contribution in [0.25, 0.3) is 0 Å². The second-order valence-electron chi connectivity index (χ2n) is 5.02. The number of amides is 1. The number of rotatable bonds is 4. The predicted molar refractivity (Wildman–Crippen MR) is 78.1 cm³/mol. The highest BCUT2D eigenvalue weighted by molar-refractivity contribution is 5.85. The van der Waals surface area contributed by atoms with Crippen LogP contribution in [-0.2, 0) is 11.2 Å². The third kappa shape index (κ3) is 5.38. The van der Waals surface area contributed by atoms with Crippen molar-refractivity contribution in [2.24, 2.45) is 0 Å². The highest BCUT2D eigenvalue weighted by Gasteiger charge is 2.31. The lowest BCUT2D eigenvalue weighted by atomic mass is 10.1. The number of alkyl halides is 3. The Labute approximate surface area is 133 Å². The average Bonchev–Trinajstić information content (AvgIpc) is 2.92. The normalized spacial score (nSPS) is 17.7. The van der Waals surface area contributed by atoms with Crippen LogP contribution in [0.4, 0.5) is 13.2 Å². The number of hydrogen-bond acceptors (Lipinski definition) is 3. The van der Waals surface area contributed by atoms with E-state index in [-0.39, 0.29) is 36.5 Å². The van der Waals surface area contributed by atoms with Crippen LogP contribution in [-0.4, -0.2) is 43.3 Å². The van der Waals surface area contributed by atoms with Gasteiger partial charge in [0.25, 0.3) is 0 Å². The number of nitrogens with zero attached hydrogens (tertiary/aromatic N) is 1. The van der Waals surface area contributed by atoms with Crippen molar-refractivity contribution in [3.05, 3.63) is 29.8 Å². The highest BCUT2D eigenvalue weighted by Crippen LogP contribution is 2.23. The monoisotopic (exact) mass is 338 g/mol. The summed E-state index contributed by atoms with van der Waals surface area (Å²) in [6.07, 6.45) is -3.62. The summed E-state index contributed by atoms with van der Waals surface area (Å²) in [4.78, 5) is 13.8. The molecule has 0 aromatic heterocycles. The summed E-state index contributed by atoms with van der Waals surface area (Å²) in [6, 6.07) is 5.56. The number of hydrogen-bond donors (Lipinski definition) is 1. The lowest BCUT2D eigenvalue weighted by molar-refractivity contribution is -0.274. The van der Waals surface area contributed by atoms with Crippen LogP contribution in [0.2, 0.25) is 0 Å². The van der Waals surface area contributed by atoms with Crippen LogP contribution >= 0.6 is 12.4 Å². The van der Waals surface area contributed by atoms with E-state index >= 15 is 0 Å². The minimum atomic E-state index is -4.70. The summed E-state index contributed by atoms with van der Waals surface area (Å²) in [5.41, 5.74) is 0.660. The number of benzene rings is 1. The van der Waals surface area contributed by atoms with Crippen LogP contribution in [0.3, 0.4) is 0 Å². The van der Waals surface area contributed by atoms with E-state index in [1.807, 2.05) is 0 Å². The van der Waals surface area contributed by atoms with Crippen molar-refractivity contribution in [1.82, 2.24) is 10.2 Å². The number of carbonyl (C=O) groups is 1. The molecule has 8 heteroatoms. The van der Waals surface area contributed by atoms with Crippen LogP contribution in [0.1, 0.15) is 12.0 Å². The summed E-state index contributed by atoms with van der Waals surface area (Å²) in [5, 5.41) is 3.18. The SMILES string of the molecule is CN(C(=O)Cc1ccc(OC(F)(F)F)cc1)C1CCNC1.Cl. The van der Waals surface area contributed by atoms with E-state index in [9.17, 15) is 18.0 Å². The molecule has 0 bridgehead atoms. The van der Waals surface area contributed by atoms with E-state index in [0.717, 1.165) is 19.5 Å². The smallest absolute Gasteiger partial charge is 0.406 e. The molecule has 124 valence electrons. The molecular weight excluding hydrogens is 321 g/mol. The lowest BCUT2D eigenvalue weighted by Gasteiger charge is -2.23. The molecule has 0 saturated carbocycles. The summed E-state index contributed by atoms with van der Waals surface area (Å²) in [6.45, 7) is 1.67. The van der Waals surface area contributed by atoms with Crippen LogP contribution in [0.5, 0.6) is 5.75 Å². The molecule has 1 unspecified atom stereocenters. The molecule has 1 heterocycles. The number of nitrogens with one attached hydrogen (secondary N) is 1. The van der Waals surface area contributed by atoms with Crippen molar-refractivity contribution < 1.29 is 22.7 Å². The first-order chi connectivity index (χ1) is 9.85. The minimum absolute atomic E-state index is 0. The van der Waals surface area contributed by atoms with E-state index in [1.165, 1.54) is 24.3 Å². The quantitative estimate of drug-likeness (QED) is 0.916. The maximum atomic E-state index is 12.1. The first-order valence-electron chi connectivity index (χ1n) is 6.66. The van der Waals surface area contributed by atoms with Crippen molar-refractivity contribution >= 4 is 18.3 Å². The fraction of sp³-hybridized carbons (Fsp3) is 0.500. The molecule has 1 aliphatic heterocycles. The molecule has 2 rings (SSSR count). The Kier molecular flexibility index (Phi) is 6.49. The van der Waals surface area contributed by atoms with Crippen LogP contribution in [0, 0.1) is 0 Å². The van der Waals surface area contributed by atoms with Crippen molar-refractivity contribution in [3.8, 4) is 5.75 Å². The number of likely N-dealkylation sites (N-methyl/N-ethyl adjacent to an activating group) is 1. The molecule has 0 aliphatic carbocycles. The summed E-state index contributed by atoms with van der Waals surface area (Å²) in [5.74, 6) is -0.333. The number of carbonyl (C=O) groups excluding carboxylic acids is 1. The Morgan fingerprint density at radius 3 is 2.50 bits per heavy atom. The van der Waals surface area contributed by atoms with Crippen LogP contribution in [0.15, 0.2) is 24.3 Å². The molecule has 1 aromatic carbocycles. The van der Waals surface area contributed by atoms with Gasteiger partial charge < -0.3 is 15.0 Å². The van der Waals surface area contributed by atoms with E-state index < -0.39 is 6.36 Å². The third-order valence-corrected chi connectivity index (χ3v) is 3.49. The second kappa shape index (κ2) is 7.69. The Morgan fingerprint density at radius 2 is 2.00 bits per heavy atom. The van der Waals surface area contributed by atoms with Gasteiger partial charge in [-0.1, -0.05) is 12.1 Å². The highest BCUT2D eigenvalue weighted by atomic mass is 35.5. The van der Waals surface area contributed by atoms with Gasteiger partial charge in [-0.15, -0.1) is 25.6 Å². The van der Waals surface area contributed by atoms with Gasteiger partial charge in [0.1, 0.15) is 5.75 Å². The first kappa shape index (κ1) is 18.6. The molecule has 4 nitrogen and oxygen atoms in total. The minimum Gasteiger partial charge on any atom is -0.406 e. The molecule has 1 saturated heterocycles. The number of halogens is 4. The topological polar surface area (TPSA) is 41.6 Å². The van der Waals surface area contributed by atoms with Crippen molar-refractivity contribution in [1.29, 1.82) is 0 Å². The fourth-order valence-corrected chi connectivity index (χ4v) is 2.28. The van der Waals surface area contributed by atoms with Crippen molar-refractivity contribution in [2.45, 2.75) is 25.2 Å². The molecule has 1 aliphatic rings.